The molecule has 0 aliphatic heterocycles. The number of rotatable bonds is 6. The fourth-order valence-electron chi connectivity index (χ4n) is 1.70. The third-order valence-corrected chi connectivity index (χ3v) is 3.43. The molecule has 0 amide bonds. The van der Waals surface area contributed by atoms with Crippen LogP contribution in [0.4, 0.5) is 16.8 Å². The Morgan fingerprint density at radius 2 is 1.95 bits per heavy atom. The molecule has 0 aliphatic carbocycles. The number of nitrogens with one attached hydrogen (secondary N) is 3. The Labute approximate surface area is 126 Å². The third-order valence-electron chi connectivity index (χ3n) is 2.67. The van der Waals surface area contributed by atoms with Gasteiger partial charge in [-0.15, -0.1) is 11.3 Å². The van der Waals surface area contributed by atoms with E-state index in [1.807, 2.05) is 23.6 Å². The Morgan fingerprint density at radius 1 is 1.05 bits per heavy atom. The van der Waals surface area contributed by atoms with E-state index in [-0.39, 0.29) is 0 Å². The van der Waals surface area contributed by atoms with Crippen LogP contribution in [-0.2, 0) is 6.54 Å². The first-order valence-electron chi connectivity index (χ1n) is 6.41. The molecule has 3 aromatic rings. The Bertz CT molecular complexity index is 670. The van der Waals surface area contributed by atoms with Gasteiger partial charge in [-0.2, -0.15) is 0 Å². The molecule has 0 unspecified atom stereocenters. The lowest BCUT2D eigenvalue weighted by atomic mass is 10.2. The number of anilines is 3. The topological polar surface area (TPSA) is 74.8 Å². The highest BCUT2D eigenvalue weighted by atomic mass is 32.1. The fourth-order valence-corrected chi connectivity index (χ4v) is 2.34. The average molecular weight is 298 g/mol. The van der Waals surface area contributed by atoms with Gasteiger partial charge in [-0.05, 0) is 11.6 Å². The van der Waals surface area contributed by atoms with E-state index in [0.29, 0.717) is 0 Å². The number of hydrazine groups is 1. The maximum Gasteiger partial charge on any atom is 0.190 e. The third kappa shape index (κ3) is 3.98. The summed E-state index contributed by atoms with van der Waals surface area (Å²) in [5, 5.41) is 5.83. The van der Waals surface area contributed by atoms with Crippen LogP contribution in [-0.4, -0.2) is 15.0 Å². The standard InChI is InChI=1S/C14H14N6S/c1-2-4-11(5-3-1)8-17-20-13-9-21-14(19-13)18-12-6-7-15-10-16-12/h1-7,9-10,17,20H,8H2,(H,15,16,18,19). The van der Waals surface area contributed by atoms with Crippen LogP contribution in [0.2, 0.25) is 0 Å². The van der Waals surface area contributed by atoms with Gasteiger partial charge in [0.1, 0.15) is 12.1 Å². The van der Waals surface area contributed by atoms with Crippen LogP contribution in [0.25, 0.3) is 0 Å². The van der Waals surface area contributed by atoms with E-state index >= 15 is 0 Å². The number of nitrogens with zero attached hydrogens (tertiary/aromatic N) is 3. The Balaban J connectivity index is 1.51. The molecule has 106 valence electrons. The second-order valence-electron chi connectivity index (χ2n) is 4.22. The van der Waals surface area contributed by atoms with Crippen molar-refractivity contribution < 1.29 is 0 Å². The van der Waals surface area contributed by atoms with E-state index < -0.39 is 0 Å². The van der Waals surface area contributed by atoms with E-state index in [1.54, 1.807) is 12.3 Å². The van der Waals surface area contributed by atoms with Gasteiger partial charge in [0.25, 0.3) is 0 Å². The van der Waals surface area contributed by atoms with E-state index in [0.717, 1.165) is 23.3 Å². The zero-order valence-electron chi connectivity index (χ0n) is 11.2. The van der Waals surface area contributed by atoms with Crippen molar-refractivity contribution in [1.29, 1.82) is 0 Å². The highest BCUT2D eigenvalue weighted by Crippen LogP contribution is 2.21. The molecule has 3 rings (SSSR count). The summed E-state index contributed by atoms with van der Waals surface area (Å²) in [5.41, 5.74) is 7.42. The zero-order chi connectivity index (χ0) is 14.3. The lowest BCUT2D eigenvalue weighted by molar-refractivity contribution is 0.796. The van der Waals surface area contributed by atoms with Gasteiger partial charge >= 0.3 is 0 Å². The molecule has 0 fully saturated rings. The van der Waals surface area contributed by atoms with Crippen LogP contribution in [0, 0.1) is 0 Å². The Morgan fingerprint density at radius 3 is 2.76 bits per heavy atom. The number of thiazole rings is 1. The van der Waals surface area contributed by atoms with Gasteiger partial charge in [0, 0.05) is 18.1 Å². The van der Waals surface area contributed by atoms with Gasteiger partial charge in [0.15, 0.2) is 10.9 Å². The molecule has 2 heterocycles. The van der Waals surface area contributed by atoms with Crippen LogP contribution in [0.1, 0.15) is 5.56 Å². The predicted octanol–water partition coefficient (Wildman–Crippen LogP) is 2.79. The maximum atomic E-state index is 4.41. The molecule has 7 heteroatoms. The van der Waals surface area contributed by atoms with Crippen molar-refractivity contribution in [3.05, 3.63) is 59.9 Å². The van der Waals surface area contributed by atoms with E-state index in [4.69, 9.17) is 0 Å². The van der Waals surface area contributed by atoms with Crippen molar-refractivity contribution in [2.45, 2.75) is 6.54 Å². The van der Waals surface area contributed by atoms with Gasteiger partial charge in [-0.1, -0.05) is 30.3 Å². The smallest absolute Gasteiger partial charge is 0.190 e. The first kappa shape index (κ1) is 13.5. The minimum absolute atomic E-state index is 0.725. The SMILES string of the molecule is c1ccc(CNNc2csc(Nc3ccncn3)n2)cc1. The van der Waals surface area contributed by atoms with Crippen LogP contribution in [0.15, 0.2) is 54.3 Å². The minimum atomic E-state index is 0.725. The predicted molar refractivity (Wildman–Crippen MR) is 84.3 cm³/mol. The number of benzene rings is 1. The number of aromatic nitrogens is 3. The van der Waals surface area contributed by atoms with Crippen molar-refractivity contribution in [3.8, 4) is 0 Å². The van der Waals surface area contributed by atoms with Gasteiger partial charge in [0.2, 0.25) is 0 Å². The molecule has 0 spiro atoms. The molecule has 6 nitrogen and oxygen atoms in total. The Hall–Kier alpha value is -2.51. The molecule has 0 bridgehead atoms. The molecule has 21 heavy (non-hydrogen) atoms. The summed E-state index contributed by atoms with van der Waals surface area (Å²) in [7, 11) is 0. The van der Waals surface area contributed by atoms with Gasteiger partial charge in [0.05, 0.1) is 0 Å². The fraction of sp³-hybridized carbons (Fsp3) is 0.0714. The molecule has 0 aliphatic rings. The summed E-state index contributed by atoms with van der Waals surface area (Å²) in [6.45, 7) is 0.729. The van der Waals surface area contributed by atoms with E-state index in [9.17, 15) is 0 Å². The highest BCUT2D eigenvalue weighted by Gasteiger charge is 2.02. The van der Waals surface area contributed by atoms with Crippen molar-refractivity contribution >= 4 is 28.1 Å². The molecule has 0 radical (unpaired) electrons. The van der Waals surface area contributed by atoms with Gasteiger partial charge in [-0.25, -0.2) is 20.4 Å². The molecular weight excluding hydrogens is 284 g/mol. The van der Waals surface area contributed by atoms with Crippen molar-refractivity contribution in [2.24, 2.45) is 0 Å². The summed E-state index contributed by atoms with van der Waals surface area (Å²) >= 11 is 1.51. The molecule has 0 saturated heterocycles. The normalized spacial score (nSPS) is 10.3. The summed E-state index contributed by atoms with van der Waals surface area (Å²) in [4.78, 5) is 12.4. The first-order valence-corrected chi connectivity index (χ1v) is 7.29. The van der Waals surface area contributed by atoms with Crippen LogP contribution < -0.4 is 16.2 Å². The number of hydrogen-bond donors (Lipinski definition) is 3. The van der Waals surface area contributed by atoms with Crippen LogP contribution in [0.3, 0.4) is 0 Å². The monoisotopic (exact) mass is 298 g/mol. The lowest BCUT2D eigenvalue weighted by Crippen LogP contribution is -2.20. The quantitative estimate of drug-likeness (QED) is 0.608. The summed E-state index contributed by atoms with van der Waals surface area (Å²) in [6, 6.07) is 12.0. The molecule has 3 N–H and O–H groups in total. The van der Waals surface area contributed by atoms with Crippen molar-refractivity contribution in [1.82, 2.24) is 20.4 Å². The van der Waals surface area contributed by atoms with Crippen molar-refractivity contribution in [3.63, 3.8) is 0 Å². The van der Waals surface area contributed by atoms with E-state index in [2.05, 4.69) is 43.3 Å². The zero-order valence-corrected chi connectivity index (χ0v) is 12.0. The highest BCUT2D eigenvalue weighted by molar-refractivity contribution is 7.14. The summed E-state index contributed by atoms with van der Waals surface area (Å²) in [6.07, 6.45) is 3.18. The molecule has 0 saturated carbocycles. The van der Waals surface area contributed by atoms with Gasteiger partial charge in [-0.3, -0.25) is 0 Å². The van der Waals surface area contributed by atoms with E-state index in [1.165, 1.54) is 23.2 Å². The van der Waals surface area contributed by atoms with Crippen LogP contribution in [0.5, 0.6) is 0 Å². The lowest BCUT2D eigenvalue weighted by Gasteiger charge is -2.05. The summed E-state index contributed by atoms with van der Waals surface area (Å²) < 4.78 is 0. The molecule has 1 aromatic carbocycles. The second-order valence-corrected chi connectivity index (χ2v) is 5.08. The van der Waals surface area contributed by atoms with Gasteiger partial charge < -0.3 is 10.7 Å². The maximum absolute atomic E-state index is 4.41. The largest absolute Gasteiger partial charge is 0.316 e. The Kier molecular flexibility index (Phi) is 4.35. The minimum Gasteiger partial charge on any atom is -0.316 e. The summed E-state index contributed by atoms with van der Waals surface area (Å²) in [5.74, 6) is 1.50. The van der Waals surface area contributed by atoms with Crippen LogP contribution >= 0.6 is 11.3 Å². The second kappa shape index (κ2) is 6.78. The first-order chi connectivity index (χ1) is 10.4. The molecular formula is C14H14N6S. The molecule has 0 atom stereocenters. The molecule has 2 aromatic heterocycles. The number of hydrogen-bond acceptors (Lipinski definition) is 7. The van der Waals surface area contributed by atoms with Crippen molar-refractivity contribution in [2.75, 3.05) is 10.7 Å². The average Bonchev–Trinajstić information content (AvgIpc) is 2.97.